The molecule has 0 aromatic carbocycles. The van der Waals surface area contributed by atoms with E-state index in [1.807, 2.05) is 12.1 Å². The molecule has 0 spiro atoms. The Morgan fingerprint density at radius 2 is 2.16 bits per heavy atom. The lowest BCUT2D eigenvalue weighted by Gasteiger charge is -2.28. The second kappa shape index (κ2) is 5.27. The van der Waals surface area contributed by atoms with Crippen LogP contribution in [0.2, 0.25) is 0 Å². The Morgan fingerprint density at radius 3 is 2.89 bits per heavy atom. The third-order valence-corrected chi connectivity index (χ3v) is 3.94. The Hall–Kier alpha value is -1.46. The molecule has 0 aliphatic carbocycles. The number of aromatic nitrogens is 3. The lowest BCUT2D eigenvalue weighted by atomic mass is 9.96. The van der Waals surface area contributed by atoms with Crippen LogP contribution in [0.1, 0.15) is 24.6 Å². The number of rotatable bonds is 3. The fourth-order valence-electron chi connectivity index (χ4n) is 2.87. The predicted molar refractivity (Wildman–Crippen MR) is 74.1 cm³/mol. The smallest absolute Gasteiger partial charge is 0.160 e. The van der Waals surface area contributed by atoms with Gasteiger partial charge >= 0.3 is 0 Å². The quantitative estimate of drug-likeness (QED) is 0.902. The molecule has 1 saturated heterocycles. The number of fused-ring (bicyclic) bond motifs is 1. The van der Waals surface area contributed by atoms with Crippen molar-refractivity contribution in [1.82, 2.24) is 19.4 Å². The molecule has 19 heavy (non-hydrogen) atoms. The van der Waals surface area contributed by atoms with E-state index in [4.69, 9.17) is 4.98 Å². The molecule has 0 radical (unpaired) electrons. The number of aliphatic hydroxyl groups excluding tert-OH is 1. The normalized spacial score (nSPS) is 18.2. The summed E-state index contributed by atoms with van der Waals surface area (Å²) in [5, 5.41) is 9.28. The summed E-state index contributed by atoms with van der Waals surface area (Å²) < 4.78 is 2.09. The highest BCUT2D eigenvalue weighted by atomic mass is 16.3. The summed E-state index contributed by atoms with van der Waals surface area (Å²) in [6.45, 7) is 2.93. The molecular formula is C14H20N4O. The summed E-state index contributed by atoms with van der Waals surface area (Å²) in [5.74, 6) is 1.58. The topological polar surface area (TPSA) is 54.2 Å². The third kappa shape index (κ3) is 2.35. The van der Waals surface area contributed by atoms with E-state index < -0.39 is 0 Å². The number of pyridine rings is 1. The molecule has 1 fully saturated rings. The molecule has 102 valence electrons. The highest BCUT2D eigenvalue weighted by Crippen LogP contribution is 2.29. The van der Waals surface area contributed by atoms with E-state index >= 15 is 0 Å². The molecule has 2 aromatic heterocycles. The summed E-state index contributed by atoms with van der Waals surface area (Å²) in [6, 6.07) is 3.91. The van der Waals surface area contributed by atoms with Gasteiger partial charge in [-0.15, -0.1) is 0 Å². The molecule has 2 aromatic rings. The van der Waals surface area contributed by atoms with Gasteiger partial charge in [-0.05, 0) is 45.1 Å². The Kier molecular flexibility index (Phi) is 3.48. The molecule has 1 N–H and O–H groups in total. The molecule has 0 bridgehead atoms. The monoisotopic (exact) mass is 260 g/mol. The standard InChI is InChI=1S/C14H20N4O/c1-17-7-4-11(5-8-17)13-16-12-3-2-6-15-14(12)18(13)9-10-19/h2-3,6,11,19H,4-5,7-10H2,1H3. The first-order valence-corrected chi connectivity index (χ1v) is 6.90. The summed E-state index contributed by atoms with van der Waals surface area (Å²) in [4.78, 5) is 11.5. The average molecular weight is 260 g/mol. The van der Waals surface area contributed by atoms with Crippen LogP contribution in [0.15, 0.2) is 18.3 Å². The highest BCUT2D eigenvalue weighted by Gasteiger charge is 2.24. The maximum atomic E-state index is 9.28. The van der Waals surface area contributed by atoms with Gasteiger partial charge in [0.25, 0.3) is 0 Å². The Morgan fingerprint density at radius 1 is 1.37 bits per heavy atom. The van der Waals surface area contributed by atoms with Crippen molar-refractivity contribution < 1.29 is 5.11 Å². The summed E-state index contributed by atoms with van der Waals surface area (Å²) in [5.41, 5.74) is 1.83. The SMILES string of the molecule is CN1CCC(c2nc3cccnc3n2CCO)CC1. The molecule has 0 saturated carbocycles. The van der Waals surface area contributed by atoms with Crippen LogP contribution in [0.3, 0.4) is 0 Å². The number of aliphatic hydroxyl groups is 1. The number of imidazole rings is 1. The van der Waals surface area contributed by atoms with Gasteiger partial charge in [-0.3, -0.25) is 0 Å². The molecular weight excluding hydrogens is 240 g/mol. The van der Waals surface area contributed by atoms with Gasteiger partial charge in [0.05, 0.1) is 6.61 Å². The zero-order valence-corrected chi connectivity index (χ0v) is 11.3. The summed E-state index contributed by atoms with van der Waals surface area (Å²) in [7, 11) is 2.16. The summed E-state index contributed by atoms with van der Waals surface area (Å²) >= 11 is 0. The molecule has 0 amide bonds. The Balaban J connectivity index is 1.99. The first kappa shape index (κ1) is 12.6. The van der Waals surface area contributed by atoms with Gasteiger partial charge in [0.1, 0.15) is 11.3 Å². The van der Waals surface area contributed by atoms with Gasteiger partial charge in [-0.25, -0.2) is 9.97 Å². The maximum Gasteiger partial charge on any atom is 0.160 e. The van der Waals surface area contributed by atoms with Crippen molar-refractivity contribution >= 4 is 11.2 Å². The average Bonchev–Trinajstić information content (AvgIpc) is 2.79. The number of likely N-dealkylation sites (tertiary alicyclic amines) is 1. The lowest BCUT2D eigenvalue weighted by Crippen LogP contribution is -2.30. The number of piperidine rings is 1. The molecule has 1 aliphatic rings. The molecule has 3 heterocycles. The van der Waals surface area contributed by atoms with Crippen LogP contribution in [0.4, 0.5) is 0 Å². The minimum absolute atomic E-state index is 0.127. The van der Waals surface area contributed by atoms with Crippen LogP contribution in [-0.2, 0) is 6.54 Å². The van der Waals surface area contributed by atoms with Crippen molar-refractivity contribution in [2.75, 3.05) is 26.7 Å². The van der Waals surface area contributed by atoms with Crippen LogP contribution >= 0.6 is 0 Å². The Labute approximate surface area is 112 Å². The van der Waals surface area contributed by atoms with E-state index in [1.54, 1.807) is 6.20 Å². The van der Waals surface area contributed by atoms with Crippen molar-refractivity contribution in [2.45, 2.75) is 25.3 Å². The van der Waals surface area contributed by atoms with Crippen LogP contribution < -0.4 is 0 Å². The van der Waals surface area contributed by atoms with Crippen molar-refractivity contribution in [3.8, 4) is 0 Å². The Bertz CT molecular complexity index is 558. The second-order valence-electron chi connectivity index (χ2n) is 5.27. The molecule has 3 rings (SSSR count). The van der Waals surface area contributed by atoms with Crippen LogP contribution in [-0.4, -0.2) is 51.3 Å². The van der Waals surface area contributed by atoms with Gasteiger partial charge in [0.15, 0.2) is 5.65 Å². The number of nitrogens with zero attached hydrogens (tertiary/aromatic N) is 4. The van der Waals surface area contributed by atoms with Crippen molar-refractivity contribution in [3.63, 3.8) is 0 Å². The number of hydrogen-bond acceptors (Lipinski definition) is 4. The lowest BCUT2D eigenvalue weighted by molar-refractivity contribution is 0.242. The fraction of sp³-hybridized carbons (Fsp3) is 0.571. The van der Waals surface area contributed by atoms with Gasteiger partial charge < -0.3 is 14.6 Å². The first-order valence-electron chi connectivity index (χ1n) is 6.90. The largest absolute Gasteiger partial charge is 0.395 e. The van der Waals surface area contributed by atoms with Gasteiger partial charge in [0.2, 0.25) is 0 Å². The van der Waals surface area contributed by atoms with E-state index in [1.165, 1.54) is 0 Å². The van der Waals surface area contributed by atoms with Gasteiger partial charge in [0, 0.05) is 18.7 Å². The maximum absolute atomic E-state index is 9.28. The van der Waals surface area contributed by atoms with Crippen molar-refractivity contribution in [2.24, 2.45) is 0 Å². The molecule has 1 aliphatic heterocycles. The molecule has 0 unspecified atom stereocenters. The number of hydrogen-bond donors (Lipinski definition) is 1. The fourth-order valence-corrected chi connectivity index (χ4v) is 2.87. The minimum Gasteiger partial charge on any atom is -0.395 e. The van der Waals surface area contributed by atoms with Crippen LogP contribution in [0, 0.1) is 0 Å². The summed E-state index contributed by atoms with van der Waals surface area (Å²) in [6.07, 6.45) is 4.05. The zero-order chi connectivity index (χ0) is 13.2. The van der Waals surface area contributed by atoms with Crippen molar-refractivity contribution in [1.29, 1.82) is 0 Å². The van der Waals surface area contributed by atoms with Crippen LogP contribution in [0.25, 0.3) is 11.2 Å². The second-order valence-corrected chi connectivity index (χ2v) is 5.27. The van der Waals surface area contributed by atoms with E-state index in [0.29, 0.717) is 12.5 Å². The van der Waals surface area contributed by atoms with E-state index in [2.05, 4.69) is 21.5 Å². The van der Waals surface area contributed by atoms with Crippen LogP contribution in [0.5, 0.6) is 0 Å². The van der Waals surface area contributed by atoms with Gasteiger partial charge in [-0.2, -0.15) is 0 Å². The van der Waals surface area contributed by atoms with Crippen molar-refractivity contribution in [3.05, 3.63) is 24.2 Å². The van der Waals surface area contributed by atoms with Gasteiger partial charge in [-0.1, -0.05) is 0 Å². The third-order valence-electron chi connectivity index (χ3n) is 3.94. The van der Waals surface area contributed by atoms with E-state index in [9.17, 15) is 5.11 Å². The minimum atomic E-state index is 0.127. The molecule has 5 nitrogen and oxygen atoms in total. The van der Waals surface area contributed by atoms with E-state index in [0.717, 1.165) is 42.9 Å². The zero-order valence-electron chi connectivity index (χ0n) is 11.3. The highest BCUT2D eigenvalue weighted by molar-refractivity contribution is 5.71. The first-order chi connectivity index (χ1) is 9.29. The van der Waals surface area contributed by atoms with E-state index in [-0.39, 0.29) is 6.61 Å². The molecule has 5 heteroatoms. The predicted octanol–water partition coefficient (Wildman–Crippen LogP) is 1.23. The molecule has 0 atom stereocenters.